The molecule has 4 heteroatoms. The van der Waals surface area contributed by atoms with Crippen LogP contribution in [-0.2, 0) is 6.54 Å². The minimum absolute atomic E-state index is 0.630. The van der Waals surface area contributed by atoms with Crippen LogP contribution in [0.25, 0.3) is 0 Å². The molecule has 3 N–H and O–H groups in total. The SMILES string of the molecule is Cc1c(N)cccc1CNc1ccc(C#N)c(Br)c1. The van der Waals surface area contributed by atoms with E-state index in [4.69, 9.17) is 11.0 Å². The molecule has 2 aromatic carbocycles. The largest absolute Gasteiger partial charge is 0.399 e. The van der Waals surface area contributed by atoms with E-state index in [1.54, 1.807) is 6.07 Å². The zero-order chi connectivity index (χ0) is 13.8. The molecule has 0 heterocycles. The highest BCUT2D eigenvalue weighted by Crippen LogP contribution is 2.22. The lowest BCUT2D eigenvalue weighted by Crippen LogP contribution is -2.03. The second-order valence-electron chi connectivity index (χ2n) is 4.29. The van der Waals surface area contributed by atoms with Crippen molar-refractivity contribution in [3.05, 3.63) is 57.6 Å². The highest BCUT2D eigenvalue weighted by atomic mass is 79.9. The van der Waals surface area contributed by atoms with Crippen LogP contribution < -0.4 is 11.1 Å². The molecular weight excluding hydrogens is 302 g/mol. The average molecular weight is 316 g/mol. The van der Waals surface area contributed by atoms with Gasteiger partial charge in [0.05, 0.1) is 5.56 Å². The van der Waals surface area contributed by atoms with Crippen molar-refractivity contribution in [2.24, 2.45) is 0 Å². The maximum Gasteiger partial charge on any atom is 0.100 e. The quantitative estimate of drug-likeness (QED) is 0.846. The summed E-state index contributed by atoms with van der Waals surface area (Å²) in [6.45, 7) is 2.72. The Morgan fingerprint density at radius 1 is 1.32 bits per heavy atom. The zero-order valence-corrected chi connectivity index (χ0v) is 12.2. The van der Waals surface area contributed by atoms with E-state index in [2.05, 4.69) is 33.4 Å². The molecule has 96 valence electrons. The van der Waals surface area contributed by atoms with E-state index >= 15 is 0 Å². The number of benzene rings is 2. The van der Waals surface area contributed by atoms with Gasteiger partial charge >= 0.3 is 0 Å². The van der Waals surface area contributed by atoms with E-state index in [-0.39, 0.29) is 0 Å². The third-order valence-corrected chi connectivity index (χ3v) is 3.72. The van der Waals surface area contributed by atoms with Crippen LogP contribution >= 0.6 is 15.9 Å². The van der Waals surface area contributed by atoms with E-state index in [0.29, 0.717) is 12.1 Å². The molecule has 0 spiro atoms. The van der Waals surface area contributed by atoms with Crippen LogP contribution in [0.2, 0.25) is 0 Å². The molecule has 2 rings (SSSR count). The van der Waals surface area contributed by atoms with E-state index in [0.717, 1.165) is 21.4 Å². The Balaban J connectivity index is 2.13. The minimum Gasteiger partial charge on any atom is -0.399 e. The summed E-state index contributed by atoms with van der Waals surface area (Å²) in [5.74, 6) is 0. The number of nitrogens with one attached hydrogen (secondary N) is 1. The molecule has 19 heavy (non-hydrogen) atoms. The van der Waals surface area contributed by atoms with Gasteiger partial charge in [-0.25, -0.2) is 0 Å². The monoisotopic (exact) mass is 315 g/mol. The molecule has 2 aromatic rings. The number of nitriles is 1. The first-order chi connectivity index (χ1) is 9.11. The number of nitrogens with zero attached hydrogens (tertiary/aromatic N) is 1. The van der Waals surface area contributed by atoms with Crippen molar-refractivity contribution >= 4 is 27.3 Å². The number of nitrogens with two attached hydrogens (primary N) is 1. The molecule has 0 saturated heterocycles. The Labute approximate surface area is 121 Å². The van der Waals surface area contributed by atoms with Crippen LogP contribution in [0.5, 0.6) is 0 Å². The number of nitrogen functional groups attached to an aromatic ring is 1. The fourth-order valence-corrected chi connectivity index (χ4v) is 2.28. The Morgan fingerprint density at radius 3 is 2.79 bits per heavy atom. The summed E-state index contributed by atoms with van der Waals surface area (Å²) in [5, 5.41) is 12.2. The lowest BCUT2D eigenvalue weighted by atomic mass is 10.1. The first kappa shape index (κ1) is 13.4. The number of halogens is 1. The molecule has 0 unspecified atom stereocenters. The Kier molecular flexibility index (Phi) is 4.08. The lowest BCUT2D eigenvalue weighted by molar-refractivity contribution is 1.12. The second kappa shape index (κ2) is 5.77. The van der Waals surface area contributed by atoms with Gasteiger partial charge in [0, 0.05) is 22.4 Å². The minimum atomic E-state index is 0.630. The van der Waals surface area contributed by atoms with Crippen molar-refractivity contribution in [2.45, 2.75) is 13.5 Å². The molecular formula is C15H14BrN3. The number of anilines is 2. The molecule has 3 nitrogen and oxygen atoms in total. The van der Waals surface area contributed by atoms with Crippen molar-refractivity contribution in [2.75, 3.05) is 11.1 Å². The summed E-state index contributed by atoms with van der Waals surface area (Å²) in [5.41, 5.74) is 10.5. The molecule has 0 radical (unpaired) electrons. The smallest absolute Gasteiger partial charge is 0.100 e. The maximum atomic E-state index is 8.87. The molecule has 0 aliphatic heterocycles. The molecule has 0 aliphatic carbocycles. The van der Waals surface area contributed by atoms with E-state index < -0.39 is 0 Å². The van der Waals surface area contributed by atoms with E-state index in [1.807, 2.05) is 31.2 Å². The summed E-state index contributed by atoms with van der Waals surface area (Å²) < 4.78 is 0.796. The van der Waals surface area contributed by atoms with Gasteiger partial charge in [-0.05, 0) is 58.2 Å². The normalized spacial score (nSPS) is 9.95. The Morgan fingerprint density at radius 2 is 2.11 bits per heavy atom. The van der Waals surface area contributed by atoms with Crippen molar-refractivity contribution in [3.8, 4) is 6.07 Å². The fourth-order valence-electron chi connectivity index (χ4n) is 1.81. The highest BCUT2D eigenvalue weighted by molar-refractivity contribution is 9.10. The molecule has 0 saturated carbocycles. The lowest BCUT2D eigenvalue weighted by Gasteiger charge is -2.11. The predicted octanol–water partition coefficient (Wildman–Crippen LogP) is 3.82. The van der Waals surface area contributed by atoms with Crippen LogP contribution in [0.4, 0.5) is 11.4 Å². The van der Waals surface area contributed by atoms with Crippen molar-refractivity contribution in [3.63, 3.8) is 0 Å². The maximum absolute atomic E-state index is 8.87. The first-order valence-electron chi connectivity index (χ1n) is 5.89. The molecule has 0 bridgehead atoms. The third kappa shape index (κ3) is 3.07. The van der Waals surface area contributed by atoms with E-state index in [9.17, 15) is 0 Å². The molecule has 0 aliphatic rings. The van der Waals surface area contributed by atoms with Gasteiger partial charge in [0.15, 0.2) is 0 Å². The summed E-state index contributed by atoms with van der Waals surface area (Å²) in [6.07, 6.45) is 0. The van der Waals surface area contributed by atoms with Crippen molar-refractivity contribution < 1.29 is 0 Å². The van der Waals surface area contributed by atoms with Gasteiger partial charge in [-0.1, -0.05) is 12.1 Å². The number of hydrogen-bond acceptors (Lipinski definition) is 3. The van der Waals surface area contributed by atoms with Crippen LogP contribution in [0.1, 0.15) is 16.7 Å². The summed E-state index contributed by atoms with van der Waals surface area (Å²) >= 11 is 3.38. The number of rotatable bonds is 3. The fraction of sp³-hybridized carbons (Fsp3) is 0.133. The van der Waals surface area contributed by atoms with Crippen molar-refractivity contribution in [1.29, 1.82) is 5.26 Å². The predicted molar refractivity (Wildman–Crippen MR) is 81.8 cm³/mol. The van der Waals surface area contributed by atoms with Gasteiger partial charge in [-0.2, -0.15) is 5.26 Å². The first-order valence-corrected chi connectivity index (χ1v) is 6.68. The topological polar surface area (TPSA) is 61.8 Å². The van der Waals surface area contributed by atoms with Gasteiger partial charge in [-0.15, -0.1) is 0 Å². The van der Waals surface area contributed by atoms with Gasteiger partial charge in [0.1, 0.15) is 6.07 Å². The Hall–Kier alpha value is -1.99. The van der Waals surface area contributed by atoms with Crippen LogP contribution in [0, 0.1) is 18.3 Å². The van der Waals surface area contributed by atoms with Gasteiger partial charge < -0.3 is 11.1 Å². The third-order valence-electron chi connectivity index (χ3n) is 3.06. The van der Waals surface area contributed by atoms with Crippen LogP contribution in [0.15, 0.2) is 40.9 Å². The molecule has 0 fully saturated rings. The highest BCUT2D eigenvalue weighted by Gasteiger charge is 2.03. The second-order valence-corrected chi connectivity index (χ2v) is 5.15. The van der Waals surface area contributed by atoms with E-state index in [1.165, 1.54) is 5.56 Å². The molecule has 0 atom stereocenters. The van der Waals surface area contributed by atoms with Crippen LogP contribution in [0.3, 0.4) is 0 Å². The van der Waals surface area contributed by atoms with Gasteiger partial charge in [0.2, 0.25) is 0 Å². The summed E-state index contributed by atoms with van der Waals surface area (Å²) in [7, 11) is 0. The summed E-state index contributed by atoms with van der Waals surface area (Å²) in [6, 6.07) is 13.6. The number of hydrogen-bond donors (Lipinski definition) is 2. The standard InChI is InChI=1S/C15H14BrN3/c1-10-12(3-2-4-15(10)18)9-19-13-6-5-11(8-17)14(16)7-13/h2-7,19H,9,18H2,1H3. The molecule has 0 amide bonds. The van der Waals surface area contributed by atoms with Crippen molar-refractivity contribution in [1.82, 2.24) is 0 Å². The van der Waals surface area contributed by atoms with Crippen LogP contribution in [-0.4, -0.2) is 0 Å². The summed E-state index contributed by atoms with van der Waals surface area (Å²) in [4.78, 5) is 0. The van der Waals surface area contributed by atoms with Gasteiger partial charge in [-0.3, -0.25) is 0 Å². The van der Waals surface area contributed by atoms with Gasteiger partial charge in [0.25, 0.3) is 0 Å². The Bertz CT molecular complexity index is 644. The zero-order valence-electron chi connectivity index (χ0n) is 10.6. The average Bonchev–Trinajstić information content (AvgIpc) is 2.40. The molecule has 0 aromatic heterocycles.